The number of aliphatic carboxylic acids is 1. The molecule has 0 unspecified atom stereocenters. The molecule has 0 spiro atoms. The first-order valence-corrected chi connectivity index (χ1v) is 6.61. The molecule has 2 rings (SSSR count). The number of rotatable bonds is 6. The number of aryl methyl sites for hydroxylation is 2. The number of carboxylic acid groups (broad SMARTS) is 1. The second kappa shape index (κ2) is 5.81. The summed E-state index contributed by atoms with van der Waals surface area (Å²) < 4.78 is 2.93. The average molecular weight is 295 g/mol. The van der Waals surface area contributed by atoms with Gasteiger partial charge >= 0.3 is 11.7 Å². The Morgan fingerprint density at radius 2 is 2.14 bits per heavy atom. The van der Waals surface area contributed by atoms with Crippen LogP contribution >= 0.6 is 0 Å². The van der Waals surface area contributed by atoms with Gasteiger partial charge in [-0.25, -0.2) is 4.79 Å². The van der Waals surface area contributed by atoms with Crippen molar-refractivity contribution < 1.29 is 9.90 Å². The lowest BCUT2D eigenvalue weighted by atomic mass is 10.3. The first-order valence-electron chi connectivity index (χ1n) is 6.61. The molecule has 0 aliphatic heterocycles. The normalized spacial score (nSPS) is 11.0. The zero-order valence-corrected chi connectivity index (χ0v) is 11.8. The van der Waals surface area contributed by atoms with Crippen LogP contribution in [0.5, 0.6) is 0 Å². The Morgan fingerprint density at radius 1 is 1.43 bits per heavy atom. The minimum absolute atomic E-state index is 0.0528. The average Bonchev–Trinajstić information content (AvgIpc) is 2.72. The van der Waals surface area contributed by atoms with Crippen molar-refractivity contribution in [3.05, 3.63) is 20.8 Å². The Balaban J connectivity index is 2.37. The third-order valence-corrected chi connectivity index (χ3v) is 3.18. The first-order chi connectivity index (χ1) is 9.95. The summed E-state index contributed by atoms with van der Waals surface area (Å²) >= 11 is 0. The molecule has 0 atom stereocenters. The molecule has 2 aromatic rings. The van der Waals surface area contributed by atoms with E-state index in [-0.39, 0.29) is 6.42 Å². The molecular formula is C12H17N5O4. The molecule has 2 heterocycles. The maximum Gasteiger partial charge on any atom is 0.330 e. The summed E-state index contributed by atoms with van der Waals surface area (Å²) in [5, 5.41) is 11.6. The zero-order chi connectivity index (χ0) is 15.6. The molecule has 0 radical (unpaired) electrons. The summed E-state index contributed by atoms with van der Waals surface area (Å²) in [4.78, 5) is 40.6. The minimum atomic E-state index is -0.863. The SMILES string of the molecule is CCn1c(=O)[nH]c(=O)c2c1nc(NCCCC(=O)O)n2C. The van der Waals surface area contributed by atoms with E-state index < -0.39 is 17.2 Å². The fourth-order valence-corrected chi connectivity index (χ4v) is 2.14. The van der Waals surface area contributed by atoms with Crippen molar-refractivity contribution in [3.8, 4) is 0 Å². The number of anilines is 1. The fourth-order valence-electron chi connectivity index (χ4n) is 2.14. The van der Waals surface area contributed by atoms with E-state index in [1.807, 2.05) is 0 Å². The van der Waals surface area contributed by atoms with Gasteiger partial charge in [-0.05, 0) is 13.3 Å². The number of H-pyrrole nitrogens is 1. The van der Waals surface area contributed by atoms with E-state index in [0.29, 0.717) is 36.6 Å². The highest BCUT2D eigenvalue weighted by atomic mass is 16.4. The summed E-state index contributed by atoms with van der Waals surface area (Å²) in [5.41, 5.74) is -0.370. The van der Waals surface area contributed by atoms with Crippen LogP contribution < -0.4 is 16.6 Å². The number of aromatic nitrogens is 4. The van der Waals surface area contributed by atoms with Crippen molar-refractivity contribution in [2.75, 3.05) is 11.9 Å². The van der Waals surface area contributed by atoms with Crippen LogP contribution in [0.15, 0.2) is 9.59 Å². The van der Waals surface area contributed by atoms with Crippen LogP contribution in [0.1, 0.15) is 19.8 Å². The number of fused-ring (bicyclic) bond motifs is 1. The van der Waals surface area contributed by atoms with Gasteiger partial charge in [-0.15, -0.1) is 0 Å². The van der Waals surface area contributed by atoms with Gasteiger partial charge in [-0.3, -0.25) is 19.1 Å². The summed E-state index contributed by atoms with van der Waals surface area (Å²) in [7, 11) is 1.66. The predicted molar refractivity (Wildman–Crippen MR) is 76.6 cm³/mol. The Bertz CT molecular complexity index is 785. The van der Waals surface area contributed by atoms with Crippen molar-refractivity contribution in [1.29, 1.82) is 0 Å². The van der Waals surface area contributed by atoms with Crippen molar-refractivity contribution in [2.45, 2.75) is 26.3 Å². The Hall–Kier alpha value is -2.58. The summed E-state index contributed by atoms with van der Waals surface area (Å²) in [6.07, 6.45) is 0.493. The molecule has 0 saturated carbocycles. The van der Waals surface area contributed by atoms with E-state index in [9.17, 15) is 14.4 Å². The van der Waals surface area contributed by atoms with Gasteiger partial charge in [0.15, 0.2) is 11.2 Å². The summed E-state index contributed by atoms with van der Waals surface area (Å²) in [6.45, 7) is 2.59. The van der Waals surface area contributed by atoms with Gasteiger partial charge in [0.05, 0.1) is 0 Å². The smallest absolute Gasteiger partial charge is 0.330 e. The summed E-state index contributed by atoms with van der Waals surface area (Å²) in [5.74, 6) is -0.438. The molecular weight excluding hydrogens is 278 g/mol. The molecule has 0 bridgehead atoms. The lowest BCUT2D eigenvalue weighted by Crippen LogP contribution is -2.30. The molecule has 3 N–H and O–H groups in total. The fraction of sp³-hybridized carbons (Fsp3) is 0.500. The molecule has 9 heteroatoms. The minimum Gasteiger partial charge on any atom is -0.481 e. The second-order valence-electron chi connectivity index (χ2n) is 4.59. The van der Waals surface area contributed by atoms with Crippen LogP contribution in [0.2, 0.25) is 0 Å². The topological polar surface area (TPSA) is 122 Å². The number of nitrogens with one attached hydrogen (secondary N) is 2. The third-order valence-electron chi connectivity index (χ3n) is 3.18. The quantitative estimate of drug-likeness (QED) is 0.630. The van der Waals surface area contributed by atoms with Crippen molar-refractivity contribution in [2.24, 2.45) is 7.05 Å². The first kappa shape index (κ1) is 14.8. The van der Waals surface area contributed by atoms with Crippen molar-refractivity contribution in [1.82, 2.24) is 19.1 Å². The van der Waals surface area contributed by atoms with E-state index in [4.69, 9.17) is 5.11 Å². The summed E-state index contributed by atoms with van der Waals surface area (Å²) in [6, 6.07) is 0. The monoisotopic (exact) mass is 295 g/mol. The van der Waals surface area contributed by atoms with Gasteiger partial charge in [0.1, 0.15) is 0 Å². The van der Waals surface area contributed by atoms with Gasteiger partial charge in [0, 0.05) is 26.6 Å². The molecule has 21 heavy (non-hydrogen) atoms. The lowest BCUT2D eigenvalue weighted by Gasteiger charge is -2.04. The Labute approximate surface area is 119 Å². The molecule has 0 fully saturated rings. The lowest BCUT2D eigenvalue weighted by molar-refractivity contribution is -0.137. The van der Waals surface area contributed by atoms with E-state index in [2.05, 4.69) is 15.3 Å². The van der Waals surface area contributed by atoms with Crippen LogP contribution in [0.3, 0.4) is 0 Å². The number of carbonyl (C=O) groups is 1. The molecule has 0 amide bonds. The maximum atomic E-state index is 11.9. The van der Waals surface area contributed by atoms with E-state index in [0.717, 1.165) is 0 Å². The standard InChI is InChI=1S/C12H17N5O4/c1-3-17-9-8(10(20)15-12(17)21)16(2)11(14-9)13-6-4-5-7(18)19/h3-6H2,1-2H3,(H,13,14)(H,18,19)(H,15,20,21). The van der Waals surface area contributed by atoms with E-state index >= 15 is 0 Å². The molecule has 0 aliphatic carbocycles. The van der Waals surface area contributed by atoms with E-state index in [1.54, 1.807) is 18.5 Å². The maximum absolute atomic E-state index is 11.9. The predicted octanol–water partition coefficient (Wildman–Crippen LogP) is -0.280. The van der Waals surface area contributed by atoms with Gasteiger partial charge < -0.3 is 15.0 Å². The molecule has 2 aromatic heterocycles. The Kier molecular flexibility index (Phi) is 4.10. The van der Waals surface area contributed by atoms with Crippen molar-refractivity contribution >= 4 is 23.1 Å². The highest BCUT2D eigenvalue weighted by Gasteiger charge is 2.15. The van der Waals surface area contributed by atoms with Crippen LogP contribution in [0, 0.1) is 0 Å². The number of imidazole rings is 1. The largest absolute Gasteiger partial charge is 0.481 e. The van der Waals surface area contributed by atoms with Crippen molar-refractivity contribution in [3.63, 3.8) is 0 Å². The molecule has 9 nitrogen and oxygen atoms in total. The number of nitrogens with zero attached hydrogens (tertiary/aromatic N) is 3. The second-order valence-corrected chi connectivity index (χ2v) is 4.59. The van der Waals surface area contributed by atoms with Crippen LogP contribution in [0.25, 0.3) is 11.2 Å². The molecule has 0 aliphatic rings. The number of aromatic amines is 1. The van der Waals surface area contributed by atoms with E-state index in [1.165, 1.54) is 4.57 Å². The van der Waals surface area contributed by atoms with Gasteiger partial charge in [-0.2, -0.15) is 4.98 Å². The number of hydrogen-bond donors (Lipinski definition) is 3. The number of hydrogen-bond acceptors (Lipinski definition) is 5. The highest BCUT2D eigenvalue weighted by molar-refractivity contribution is 5.74. The molecule has 114 valence electrons. The molecule has 0 aromatic carbocycles. The molecule has 0 saturated heterocycles. The van der Waals surface area contributed by atoms with Crippen LogP contribution in [0.4, 0.5) is 5.95 Å². The van der Waals surface area contributed by atoms with Gasteiger partial charge in [0.25, 0.3) is 5.56 Å². The zero-order valence-electron chi connectivity index (χ0n) is 11.8. The Morgan fingerprint density at radius 3 is 2.76 bits per heavy atom. The van der Waals surface area contributed by atoms with Crippen LogP contribution in [-0.4, -0.2) is 36.7 Å². The highest BCUT2D eigenvalue weighted by Crippen LogP contribution is 2.13. The van der Waals surface area contributed by atoms with Crippen LogP contribution in [-0.2, 0) is 18.4 Å². The van der Waals surface area contributed by atoms with Gasteiger partial charge in [-0.1, -0.05) is 0 Å². The number of carboxylic acids is 1. The van der Waals surface area contributed by atoms with Gasteiger partial charge in [0.2, 0.25) is 5.95 Å². The third kappa shape index (κ3) is 2.81.